The predicted molar refractivity (Wildman–Crippen MR) is 70.9 cm³/mol. The number of rotatable bonds is 2. The van der Waals surface area contributed by atoms with Crippen molar-refractivity contribution < 1.29 is 9.50 Å². The second-order valence-electron chi connectivity index (χ2n) is 4.18. The molecule has 0 radical (unpaired) electrons. The van der Waals surface area contributed by atoms with Gasteiger partial charge in [-0.25, -0.2) is 14.4 Å². The molecular weight excluding hydrogens is 243 g/mol. The average molecular weight is 254 g/mol. The summed E-state index contributed by atoms with van der Waals surface area (Å²) in [5.74, 6) is -0.382. The highest BCUT2D eigenvalue weighted by Crippen LogP contribution is 2.23. The van der Waals surface area contributed by atoms with Gasteiger partial charge in [-0.1, -0.05) is 30.3 Å². The van der Waals surface area contributed by atoms with Crippen LogP contribution < -0.4 is 0 Å². The number of aliphatic hydroxyl groups excluding tert-OH is 1. The molecule has 19 heavy (non-hydrogen) atoms. The highest BCUT2D eigenvalue weighted by atomic mass is 19.1. The second kappa shape index (κ2) is 4.74. The van der Waals surface area contributed by atoms with Gasteiger partial charge in [-0.15, -0.1) is 0 Å². The number of nitrogens with zero attached hydrogens (tertiary/aromatic N) is 2. The third kappa shape index (κ3) is 2.06. The molecule has 0 amide bonds. The standard InChI is InChI=1S/C15H11FN2O/c16-12-6-3-7-13-15(12)17-8-14(18-13)11-5-2-1-4-10(11)9-19/h1-8,19H,9H2. The van der Waals surface area contributed by atoms with E-state index in [1.54, 1.807) is 12.1 Å². The van der Waals surface area contributed by atoms with Gasteiger partial charge in [0.1, 0.15) is 5.52 Å². The summed E-state index contributed by atoms with van der Waals surface area (Å²) in [6.07, 6.45) is 1.53. The predicted octanol–water partition coefficient (Wildman–Crippen LogP) is 2.93. The van der Waals surface area contributed by atoms with Crippen molar-refractivity contribution in [1.82, 2.24) is 9.97 Å². The van der Waals surface area contributed by atoms with Crippen molar-refractivity contribution >= 4 is 11.0 Å². The summed E-state index contributed by atoms with van der Waals surface area (Å²) in [6.45, 7) is -0.0704. The number of para-hydroxylation sites is 1. The molecule has 0 unspecified atom stereocenters. The minimum absolute atomic E-state index is 0.0704. The van der Waals surface area contributed by atoms with E-state index < -0.39 is 0 Å². The van der Waals surface area contributed by atoms with Gasteiger partial charge in [0.15, 0.2) is 5.82 Å². The maximum Gasteiger partial charge on any atom is 0.151 e. The molecule has 0 saturated heterocycles. The van der Waals surface area contributed by atoms with Crippen molar-refractivity contribution in [2.75, 3.05) is 0 Å². The van der Waals surface area contributed by atoms with E-state index in [1.807, 2.05) is 24.3 Å². The largest absolute Gasteiger partial charge is 0.392 e. The molecule has 1 aromatic heterocycles. The molecular formula is C15H11FN2O. The quantitative estimate of drug-likeness (QED) is 0.764. The number of hydrogen-bond donors (Lipinski definition) is 1. The Kier molecular flexibility index (Phi) is 2.93. The minimum Gasteiger partial charge on any atom is -0.392 e. The monoisotopic (exact) mass is 254 g/mol. The molecule has 0 aliphatic rings. The van der Waals surface area contributed by atoms with Crippen LogP contribution in [0.25, 0.3) is 22.3 Å². The molecule has 0 bridgehead atoms. The second-order valence-corrected chi connectivity index (χ2v) is 4.18. The van der Waals surface area contributed by atoms with Gasteiger partial charge in [0, 0.05) is 5.56 Å². The van der Waals surface area contributed by atoms with E-state index >= 15 is 0 Å². The molecule has 0 saturated carbocycles. The number of halogens is 1. The molecule has 94 valence electrons. The molecule has 3 aromatic rings. The third-order valence-corrected chi connectivity index (χ3v) is 2.99. The maximum atomic E-state index is 13.5. The Labute approximate surface area is 109 Å². The van der Waals surface area contributed by atoms with Crippen molar-refractivity contribution in [2.24, 2.45) is 0 Å². The first-order chi connectivity index (χ1) is 9.29. The number of aliphatic hydroxyl groups is 1. The first-order valence-electron chi connectivity index (χ1n) is 5.90. The van der Waals surface area contributed by atoms with Gasteiger partial charge < -0.3 is 5.11 Å². The Morgan fingerprint density at radius 3 is 2.74 bits per heavy atom. The fraction of sp³-hybridized carbons (Fsp3) is 0.0667. The van der Waals surface area contributed by atoms with E-state index in [4.69, 9.17) is 0 Å². The van der Waals surface area contributed by atoms with E-state index in [1.165, 1.54) is 12.3 Å². The summed E-state index contributed by atoms with van der Waals surface area (Å²) in [5, 5.41) is 9.33. The van der Waals surface area contributed by atoms with E-state index in [-0.39, 0.29) is 17.9 Å². The van der Waals surface area contributed by atoms with Gasteiger partial charge in [-0.3, -0.25) is 0 Å². The lowest BCUT2D eigenvalue weighted by Gasteiger charge is -2.07. The highest BCUT2D eigenvalue weighted by Gasteiger charge is 2.08. The molecule has 1 heterocycles. The van der Waals surface area contributed by atoms with Crippen LogP contribution in [0.3, 0.4) is 0 Å². The number of fused-ring (bicyclic) bond motifs is 1. The lowest BCUT2D eigenvalue weighted by molar-refractivity contribution is 0.282. The van der Waals surface area contributed by atoms with Crippen LogP contribution in [0.15, 0.2) is 48.7 Å². The Balaban J connectivity index is 2.21. The van der Waals surface area contributed by atoms with E-state index in [2.05, 4.69) is 9.97 Å². The molecule has 2 aromatic carbocycles. The summed E-state index contributed by atoms with van der Waals surface area (Å²) in [6, 6.07) is 12.1. The highest BCUT2D eigenvalue weighted by molar-refractivity contribution is 5.78. The lowest BCUT2D eigenvalue weighted by Crippen LogP contribution is -1.94. The summed E-state index contributed by atoms with van der Waals surface area (Å²) >= 11 is 0. The van der Waals surface area contributed by atoms with Crippen molar-refractivity contribution in [3.8, 4) is 11.3 Å². The zero-order chi connectivity index (χ0) is 13.2. The molecule has 0 atom stereocenters. The number of benzene rings is 2. The van der Waals surface area contributed by atoms with E-state index in [9.17, 15) is 9.50 Å². The van der Waals surface area contributed by atoms with Crippen LogP contribution in [0.1, 0.15) is 5.56 Å². The van der Waals surface area contributed by atoms with E-state index in [0.717, 1.165) is 11.1 Å². The van der Waals surface area contributed by atoms with Crippen molar-refractivity contribution in [3.05, 3.63) is 60.0 Å². The van der Waals surface area contributed by atoms with Crippen LogP contribution in [0, 0.1) is 5.82 Å². The Morgan fingerprint density at radius 2 is 1.89 bits per heavy atom. The number of aromatic nitrogens is 2. The minimum atomic E-state index is -0.382. The van der Waals surface area contributed by atoms with Gasteiger partial charge in [0.05, 0.1) is 24.0 Å². The first kappa shape index (κ1) is 11.7. The molecule has 3 nitrogen and oxygen atoms in total. The molecule has 0 aliphatic carbocycles. The summed E-state index contributed by atoms with van der Waals surface area (Å²) < 4.78 is 13.5. The smallest absolute Gasteiger partial charge is 0.151 e. The van der Waals surface area contributed by atoms with Gasteiger partial charge in [-0.05, 0) is 17.7 Å². The SMILES string of the molecule is OCc1ccccc1-c1cnc2c(F)cccc2n1. The van der Waals surface area contributed by atoms with Gasteiger partial charge in [0.2, 0.25) is 0 Å². The normalized spacial score (nSPS) is 10.8. The summed E-state index contributed by atoms with van der Waals surface area (Å²) in [4.78, 5) is 8.51. The molecule has 4 heteroatoms. The van der Waals surface area contributed by atoms with Gasteiger partial charge in [-0.2, -0.15) is 0 Å². The zero-order valence-corrected chi connectivity index (χ0v) is 10.0. The molecule has 0 fully saturated rings. The van der Waals surface area contributed by atoms with Gasteiger partial charge >= 0.3 is 0 Å². The Hall–Kier alpha value is -2.33. The topological polar surface area (TPSA) is 46.0 Å². The van der Waals surface area contributed by atoms with Crippen LogP contribution in [0.5, 0.6) is 0 Å². The Bertz CT molecular complexity index is 743. The average Bonchev–Trinajstić information content (AvgIpc) is 2.47. The van der Waals surface area contributed by atoms with Crippen molar-refractivity contribution in [1.29, 1.82) is 0 Å². The van der Waals surface area contributed by atoms with Crippen LogP contribution in [-0.2, 0) is 6.61 Å². The fourth-order valence-electron chi connectivity index (χ4n) is 2.04. The van der Waals surface area contributed by atoms with Crippen molar-refractivity contribution in [2.45, 2.75) is 6.61 Å². The van der Waals surface area contributed by atoms with Crippen molar-refractivity contribution in [3.63, 3.8) is 0 Å². The molecule has 3 rings (SSSR count). The fourth-order valence-corrected chi connectivity index (χ4v) is 2.04. The molecule has 0 aliphatic heterocycles. The van der Waals surface area contributed by atoms with Crippen LogP contribution >= 0.6 is 0 Å². The number of hydrogen-bond acceptors (Lipinski definition) is 3. The lowest BCUT2D eigenvalue weighted by atomic mass is 10.1. The van der Waals surface area contributed by atoms with Crippen LogP contribution in [0.4, 0.5) is 4.39 Å². The summed E-state index contributed by atoms with van der Waals surface area (Å²) in [5.41, 5.74) is 2.97. The maximum absolute atomic E-state index is 13.5. The first-order valence-corrected chi connectivity index (χ1v) is 5.90. The third-order valence-electron chi connectivity index (χ3n) is 2.99. The zero-order valence-electron chi connectivity index (χ0n) is 10.0. The molecule has 0 spiro atoms. The summed E-state index contributed by atoms with van der Waals surface area (Å²) in [7, 11) is 0. The van der Waals surface area contributed by atoms with Crippen LogP contribution in [0.2, 0.25) is 0 Å². The van der Waals surface area contributed by atoms with Gasteiger partial charge in [0.25, 0.3) is 0 Å². The van der Waals surface area contributed by atoms with Crippen LogP contribution in [-0.4, -0.2) is 15.1 Å². The Morgan fingerprint density at radius 1 is 1.05 bits per heavy atom. The van der Waals surface area contributed by atoms with E-state index in [0.29, 0.717) is 11.2 Å². The molecule has 1 N–H and O–H groups in total.